The second kappa shape index (κ2) is 10.6. The molecule has 3 N–H and O–H groups in total. The Morgan fingerprint density at radius 2 is 2.04 bits per heavy atom. The van der Waals surface area contributed by atoms with Gasteiger partial charge in [0.15, 0.2) is 0 Å². The molecule has 1 heterocycles. The molecule has 1 aliphatic rings. The van der Waals surface area contributed by atoms with E-state index in [1.807, 2.05) is 31.2 Å². The van der Waals surface area contributed by atoms with Crippen LogP contribution in [0.15, 0.2) is 30.3 Å². The average Bonchev–Trinajstić information content (AvgIpc) is 2.65. The summed E-state index contributed by atoms with van der Waals surface area (Å²) < 4.78 is 5.54. The molecule has 2 amide bonds. The Bertz CT molecular complexity index is 622. The topological polar surface area (TPSA) is 84.7 Å². The number of hydrogen-bond acceptors (Lipinski definition) is 4. The second-order valence-corrected chi connectivity index (χ2v) is 6.47. The summed E-state index contributed by atoms with van der Waals surface area (Å²) in [5, 5.41) is 2.90. The monoisotopic (exact) mass is 359 g/mol. The molecule has 26 heavy (non-hydrogen) atoms. The van der Waals surface area contributed by atoms with Crippen LogP contribution in [0.1, 0.15) is 31.7 Å². The highest BCUT2D eigenvalue weighted by molar-refractivity contribution is 5.92. The third kappa shape index (κ3) is 6.52. The van der Waals surface area contributed by atoms with E-state index in [1.165, 1.54) is 6.08 Å². The number of likely N-dealkylation sites (tertiary alicyclic amines) is 1. The van der Waals surface area contributed by atoms with Gasteiger partial charge in [0, 0.05) is 24.1 Å². The van der Waals surface area contributed by atoms with Crippen LogP contribution < -0.4 is 15.8 Å². The van der Waals surface area contributed by atoms with Crippen molar-refractivity contribution in [2.24, 2.45) is 11.7 Å². The van der Waals surface area contributed by atoms with Crippen LogP contribution in [0.2, 0.25) is 0 Å². The quantitative estimate of drug-likeness (QED) is 0.520. The van der Waals surface area contributed by atoms with Crippen molar-refractivity contribution < 1.29 is 14.3 Å². The Morgan fingerprint density at radius 3 is 2.73 bits per heavy atom. The van der Waals surface area contributed by atoms with E-state index in [-0.39, 0.29) is 17.7 Å². The maximum Gasteiger partial charge on any atom is 0.244 e. The smallest absolute Gasteiger partial charge is 0.244 e. The lowest BCUT2D eigenvalue weighted by Gasteiger charge is -2.30. The molecular weight excluding hydrogens is 330 g/mol. The molecule has 0 aliphatic carbocycles. The van der Waals surface area contributed by atoms with Gasteiger partial charge in [-0.2, -0.15) is 0 Å². The van der Waals surface area contributed by atoms with E-state index in [0.29, 0.717) is 13.2 Å². The van der Waals surface area contributed by atoms with Gasteiger partial charge in [0.25, 0.3) is 0 Å². The number of ether oxygens (including phenoxy) is 1. The molecule has 0 bridgehead atoms. The molecule has 1 aliphatic heterocycles. The van der Waals surface area contributed by atoms with Gasteiger partial charge < -0.3 is 20.7 Å². The lowest BCUT2D eigenvalue weighted by atomic mass is 9.96. The van der Waals surface area contributed by atoms with Gasteiger partial charge in [-0.05, 0) is 58.0 Å². The van der Waals surface area contributed by atoms with Crippen molar-refractivity contribution in [2.75, 3.05) is 32.8 Å². The first-order valence-electron chi connectivity index (χ1n) is 9.29. The molecule has 0 unspecified atom stereocenters. The van der Waals surface area contributed by atoms with Crippen LogP contribution in [0.5, 0.6) is 5.75 Å². The van der Waals surface area contributed by atoms with Crippen molar-refractivity contribution in [3.63, 3.8) is 0 Å². The fraction of sp³-hybridized carbons (Fsp3) is 0.500. The predicted octanol–water partition coefficient (Wildman–Crippen LogP) is 1.80. The summed E-state index contributed by atoms with van der Waals surface area (Å²) in [6.07, 6.45) is 5.87. The van der Waals surface area contributed by atoms with Crippen molar-refractivity contribution in [3.05, 3.63) is 35.9 Å². The summed E-state index contributed by atoms with van der Waals surface area (Å²) in [5.74, 6) is 0.507. The minimum absolute atomic E-state index is 0.0238. The number of hydrogen-bond donors (Lipinski definition) is 2. The number of rotatable bonds is 9. The SMILES string of the molecule is CCOc1ccccc1C=CC(=O)NCCCN1CCC(C(N)=O)CC1. The van der Waals surface area contributed by atoms with Gasteiger partial charge in [-0.1, -0.05) is 18.2 Å². The van der Waals surface area contributed by atoms with E-state index in [0.717, 1.165) is 50.2 Å². The van der Waals surface area contributed by atoms with Crippen LogP contribution in [0.3, 0.4) is 0 Å². The van der Waals surface area contributed by atoms with E-state index in [2.05, 4.69) is 10.2 Å². The largest absolute Gasteiger partial charge is 0.493 e. The van der Waals surface area contributed by atoms with Gasteiger partial charge in [0.05, 0.1) is 6.61 Å². The van der Waals surface area contributed by atoms with E-state index in [9.17, 15) is 9.59 Å². The van der Waals surface area contributed by atoms with E-state index in [4.69, 9.17) is 10.5 Å². The van der Waals surface area contributed by atoms with E-state index < -0.39 is 0 Å². The Labute approximate surface area is 155 Å². The van der Waals surface area contributed by atoms with Crippen molar-refractivity contribution >= 4 is 17.9 Å². The van der Waals surface area contributed by atoms with Crippen molar-refractivity contribution in [2.45, 2.75) is 26.2 Å². The fourth-order valence-electron chi connectivity index (χ4n) is 3.08. The lowest BCUT2D eigenvalue weighted by molar-refractivity contribution is -0.123. The molecule has 0 spiro atoms. The zero-order chi connectivity index (χ0) is 18.8. The number of primary amides is 1. The van der Waals surface area contributed by atoms with Gasteiger partial charge in [-0.15, -0.1) is 0 Å². The molecule has 1 saturated heterocycles. The third-order valence-electron chi connectivity index (χ3n) is 4.57. The molecule has 1 aromatic carbocycles. The number of nitrogens with one attached hydrogen (secondary N) is 1. The minimum atomic E-state index is -0.186. The molecule has 6 heteroatoms. The molecule has 0 radical (unpaired) electrons. The van der Waals surface area contributed by atoms with Gasteiger partial charge >= 0.3 is 0 Å². The van der Waals surface area contributed by atoms with Gasteiger partial charge in [-0.25, -0.2) is 0 Å². The number of piperidine rings is 1. The first-order chi connectivity index (χ1) is 12.6. The van der Waals surface area contributed by atoms with Crippen molar-refractivity contribution in [3.8, 4) is 5.75 Å². The normalized spacial score (nSPS) is 15.9. The molecule has 0 saturated carbocycles. The number of para-hydroxylation sites is 1. The number of nitrogens with two attached hydrogens (primary N) is 1. The van der Waals surface area contributed by atoms with E-state index >= 15 is 0 Å². The van der Waals surface area contributed by atoms with Crippen LogP contribution in [0.25, 0.3) is 6.08 Å². The summed E-state index contributed by atoms with van der Waals surface area (Å²) >= 11 is 0. The molecule has 142 valence electrons. The Hall–Kier alpha value is -2.34. The summed E-state index contributed by atoms with van der Waals surface area (Å²) in [5.41, 5.74) is 6.24. The van der Waals surface area contributed by atoms with Gasteiger partial charge in [0.1, 0.15) is 5.75 Å². The van der Waals surface area contributed by atoms with Crippen LogP contribution in [0, 0.1) is 5.92 Å². The van der Waals surface area contributed by atoms with Crippen LogP contribution in [-0.4, -0.2) is 49.5 Å². The Kier molecular flexibility index (Phi) is 8.15. The Balaban J connectivity index is 1.66. The summed E-state index contributed by atoms with van der Waals surface area (Å²) in [7, 11) is 0. The number of carbonyl (C=O) groups is 2. The van der Waals surface area contributed by atoms with Crippen LogP contribution in [0.4, 0.5) is 0 Å². The molecule has 0 aromatic heterocycles. The first kappa shape index (κ1) is 20.0. The van der Waals surface area contributed by atoms with Gasteiger partial charge in [-0.3, -0.25) is 9.59 Å². The van der Waals surface area contributed by atoms with E-state index in [1.54, 1.807) is 6.08 Å². The standard InChI is InChI=1S/C20H29N3O3/c1-2-26-18-7-4-3-6-16(18)8-9-19(24)22-12-5-13-23-14-10-17(11-15-23)20(21)25/h3-4,6-9,17H,2,5,10-15H2,1H3,(H2,21,25)(H,22,24). The zero-order valence-electron chi connectivity index (χ0n) is 15.4. The van der Waals surface area contributed by atoms with Crippen LogP contribution in [-0.2, 0) is 9.59 Å². The lowest BCUT2D eigenvalue weighted by Crippen LogP contribution is -2.39. The molecule has 6 nitrogen and oxygen atoms in total. The molecule has 1 aromatic rings. The van der Waals surface area contributed by atoms with Crippen molar-refractivity contribution in [1.29, 1.82) is 0 Å². The molecular formula is C20H29N3O3. The number of carbonyl (C=O) groups excluding carboxylic acids is 2. The maximum absolute atomic E-state index is 12.0. The van der Waals surface area contributed by atoms with Crippen LogP contribution >= 0.6 is 0 Å². The number of amides is 2. The first-order valence-corrected chi connectivity index (χ1v) is 9.29. The zero-order valence-corrected chi connectivity index (χ0v) is 15.4. The highest BCUT2D eigenvalue weighted by Gasteiger charge is 2.22. The third-order valence-corrected chi connectivity index (χ3v) is 4.57. The molecule has 2 rings (SSSR count). The second-order valence-electron chi connectivity index (χ2n) is 6.47. The average molecular weight is 359 g/mol. The highest BCUT2D eigenvalue weighted by Crippen LogP contribution is 2.19. The molecule has 0 atom stereocenters. The maximum atomic E-state index is 12.0. The summed E-state index contributed by atoms with van der Waals surface area (Å²) in [6, 6.07) is 7.64. The summed E-state index contributed by atoms with van der Waals surface area (Å²) in [4.78, 5) is 25.4. The molecule has 1 fully saturated rings. The Morgan fingerprint density at radius 1 is 1.31 bits per heavy atom. The number of nitrogens with zero attached hydrogens (tertiary/aromatic N) is 1. The number of benzene rings is 1. The summed E-state index contributed by atoms with van der Waals surface area (Å²) in [6.45, 7) is 5.87. The minimum Gasteiger partial charge on any atom is -0.493 e. The van der Waals surface area contributed by atoms with Crippen molar-refractivity contribution in [1.82, 2.24) is 10.2 Å². The predicted molar refractivity (Wildman–Crippen MR) is 103 cm³/mol. The van der Waals surface area contributed by atoms with Gasteiger partial charge in [0.2, 0.25) is 11.8 Å². The fourth-order valence-corrected chi connectivity index (χ4v) is 3.08. The highest BCUT2D eigenvalue weighted by atomic mass is 16.5.